The minimum atomic E-state index is -0.210. The molecule has 1 aliphatic heterocycles. The fourth-order valence-electron chi connectivity index (χ4n) is 2.49. The lowest BCUT2D eigenvalue weighted by atomic mass is 10.2. The maximum atomic E-state index is 11.3. The van der Waals surface area contributed by atoms with E-state index in [0.29, 0.717) is 5.95 Å². The van der Waals surface area contributed by atoms with E-state index < -0.39 is 0 Å². The fourth-order valence-corrected chi connectivity index (χ4v) is 2.49. The van der Waals surface area contributed by atoms with Crippen LogP contribution >= 0.6 is 0 Å². The van der Waals surface area contributed by atoms with Crippen LogP contribution in [0.2, 0.25) is 0 Å². The summed E-state index contributed by atoms with van der Waals surface area (Å²) >= 11 is 0. The highest BCUT2D eigenvalue weighted by Gasteiger charge is 2.17. The van der Waals surface area contributed by atoms with E-state index in [0.717, 1.165) is 32.7 Å². The van der Waals surface area contributed by atoms with E-state index in [1.807, 2.05) is 18.2 Å². The monoisotopic (exact) mass is 297 g/mol. The van der Waals surface area contributed by atoms with Gasteiger partial charge in [0, 0.05) is 32.7 Å². The molecule has 22 heavy (non-hydrogen) atoms. The lowest BCUT2D eigenvalue weighted by molar-refractivity contribution is 0.282. The second-order valence-corrected chi connectivity index (χ2v) is 5.26. The fraction of sp³-hybridized carbons (Fsp3) is 0.312. The first-order valence-electron chi connectivity index (χ1n) is 7.42. The van der Waals surface area contributed by atoms with E-state index in [1.165, 1.54) is 11.8 Å². The SMILES string of the molecule is O=c1cnnc(N2CCN(C/C=C/c3ccccc3)CC2)[nH]1. The highest BCUT2D eigenvalue weighted by atomic mass is 16.1. The third kappa shape index (κ3) is 3.79. The van der Waals surface area contributed by atoms with Crippen molar-refractivity contribution in [1.29, 1.82) is 0 Å². The molecule has 0 spiro atoms. The molecule has 0 unspecified atom stereocenters. The van der Waals surface area contributed by atoms with Gasteiger partial charge in [0.1, 0.15) is 6.20 Å². The molecule has 0 amide bonds. The molecule has 0 radical (unpaired) electrons. The maximum Gasteiger partial charge on any atom is 0.271 e. The summed E-state index contributed by atoms with van der Waals surface area (Å²) in [7, 11) is 0. The average molecular weight is 297 g/mol. The van der Waals surface area contributed by atoms with Crippen LogP contribution in [0.15, 0.2) is 47.4 Å². The Morgan fingerprint density at radius 3 is 2.64 bits per heavy atom. The summed E-state index contributed by atoms with van der Waals surface area (Å²) in [4.78, 5) is 18.4. The topological polar surface area (TPSA) is 65.1 Å². The molecule has 1 fully saturated rings. The second kappa shape index (κ2) is 7.00. The van der Waals surface area contributed by atoms with Crippen LogP contribution < -0.4 is 10.5 Å². The van der Waals surface area contributed by atoms with Crippen LogP contribution in [0.3, 0.4) is 0 Å². The quantitative estimate of drug-likeness (QED) is 0.912. The van der Waals surface area contributed by atoms with E-state index in [-0.39, 0.29) is 5.56 Å². The first-order valence-corrected chi connectivity index (χ1v) is 7.42. The van der Waals surface area contributed by atoms with Crippen molar-refractivity contribution in [3.63, 3.8) is 0 Å². The highest BCUT2D eigenvalue weighted by Crippen LogP contribution is 2.08. The summed E-state index contributed by atoms with van der Waals surface area (Å²) in [6, 6.07) is 10.3. The number of nitrogens with one attached hydrogen (secondary N) is 1. The van der Waals surface area contributed by atoms with Crippen LogP contribution in [0.25, 0.3) is 6.08 Å². The van der Waals surface area contributed by atoms with Crippen LogP contribution in [-0.4, -0.2) is 52.8 Å². The van der Waals surface area contributed by atoms with Gasteiger partial charge < -0.3 is 4.90 Å². The van der Waals surface area contributed by atoms with Crippen molar-refractivity contribution in [2.24, 2.45) is 0 Å². The largest absolute Gasteiger partial charge is 0.338 e. The molecule has 6 nitrogen and oxygen atoms in total. The second-order valence-electron chi connectivity index (χ2n) is 5.26. The van der Waals surface area contributed by atoms with Crippen LogP contribution in [-0.2, 0) is 0 Å². The molecule has 1 aromatic carbocycles. The number of aromatic nitrogens is 3. The molecule has 0 aliphatic carbocycles. The zero-order chi connectivity index (χ0) is 15.2. The number of hydrogen-bond acceptors (Lipinski definition) is 5. The van der Waals surface area contributed by atoms with Gasteiger partial charge in [-0.15, -0.1) is 10.2 Å². The smallest absolute Gasteiger partial charge is 0.271 e. The molecule has 3 rings (SSSR count). The molecule has 1 N–H and O–H groups in total. The standard InChI is InChI=1S/C16H19N5O/c22-15-13-17-19-16(18-15)21-11-9-20(10-12-21)8-4-7-14-5-2-1-3-6-14/h1-7,13H,8-12H2,(H,18,19,22)/b7-4+. The number of anilines is 1. The molecule has 1 aliphatic rings. The van der Waals surface area contributed by atoms with Gasteiger partial charge >= 0.3 is 0 Å². The summed E-state index contributed by atoms with van der Waals surface area (Å²) in [5.41, 5.74) is 1.01. The predicted molar refractivity (Wildman–Crippen MR) is 86.8 cm³/mol. The summed E-state index contributed by atoms with van der Waals surface area (Å²) in [5.74, 6) is 0.562. The molecule has 1 aromatic heterocycles. The third-order valence-corrected chi connectivity index (χ3v) is 3.71. The summed E-state index contributed by atoms with van der Waals surface area (Å²) in [6.07, 6.45) is 5.52. The van der Waals surface area contributed by atoms with Gasteiger partial charge in [-0.2, -0.15) is 0 Å². The van der Waals surface area contributed by atoms with Crippen molar-refractivity contribution in [2.75, 3.05) is 37.6 Å². The molecule has 0 saturated carbocycles. The van der Waals surface area contributed by atoms with E-state index in [9.17, 15) is 4.79 Å². The Kier molecular flexibility index (Phi) is 4.60. The number of hydrogen-bond donors (Lipinski definition) is 1. The Balaban J connectivity index is 1.50. The van der Waals surface area contributed by atoms with Crippen molar-refractivity contribution in [1.82, 2.24) is 20.1 Å². The molecule has 0 atom stereocenters. The Labute approximate surface area is 129 Å². The highest BCUT2D eigenvalue weighted by molar-refractivity contribution is 5.48. The Morgan fingerprint density at radius 1 is 1.14 bits per heavy atom. The van der Waals surface area contributed by atoms with Gasteiger partial charge in [-0.05, 0) is 5.56 Å². The molecular formula is C16H19N5O. The van der Waals surface area contributed by atoms with E-state index in [1.54, 1.807) is 0 Å². The molecule has 0 bridgehead atoms. The minimum Gasteiger partial charge on any atom is -0.338 e. The number of rotatable bonds is 4. The number of piperazine rings is 1. The summed E-state index contributed by atoms with van der Waals surface area (Å²) < 4.78 is 0. The number of aromatic amines is 1. The molecular weight excluding hydrogens is 278 g/mol. The summed E-state index contributed by atoms with van der Waals surface area (Å²) in [6.45, 7) is 4.50. The molecule has 2 aromatic rings. The molecule has 114 valence electrons. The minimum absolute atomic E-state index is 0.210. The molecule has 2 heterocycles. The Hall–Kier alpha value is -2.47. The first kappa shape index (κ1) is 14.5. The van der Waals surface area contributed by atoms with Crippen LogP contribution in [0, 0.1) is 0 Å². The van der Waals surface area contributed by atoms with Crippen molar-refractivity contribution < 1.29 is 0 Å². The van der Waals surface area contributed by atoms with Gasteiger partial charge in [0.05, 0.1) is 0 Å². The number of H-pyrrole nitrogens is 1. The van der Waals surface area contributed by atoms with Crippen molar-refractivity contribution in [3.05, 3.63) is 58.5 Å². The maximum absolute atomic E-state index is 11.3. The zero-order valence-corrected chi connectivity index (χ0v) is 12.4. The summed E-state index contributed by atoms with van der Waals surface area (Å²) in [5, 5.41) is 7.68. The molecule has 1 saturated heterocycles. The van der Waals surface area contributed by atoms with Gasteiger partial charge in [0.2, 0.25) is 5.95 Å². The van der Waals surface area contributed by atoms with Gasteiger partial charge in [-0.1, -0.05) is 42.5 Å². The lowest BCUT2D eigenvalue weighted by Crippen LogP contribution is -2.47. The Bertz CT molecular complexity index is 674. The predicted octanol–water partition coefficient (Wildman–Crippen LogP) is 1.00. The van der Waals surface area contributed by atoms with Crippen LogP contribution in [0.4, 0.5) is 5.95 Å². The van der Waals surface area contributed by atoms with Crippen molar-refractivity contribution in [2.45, 2.75) is 0 Å². The zero-order valence-electron chi connectivity index (χ0n) is 12.4. The molecule has 6 heteroatoms. The van der Waals surface area contributed by atoms with Gasteiger partial charge in [-0.3, -0.25) is 14.7 Å². The lowest BCUT2D eigenvalue weighted by Gasteiger charge is -2.34. The number of benzene rings is 1. The average Bonchev–Trinajstić information content (AvgIpc) is 2.56. The third-order valence-electron chi connectivity index (χ3n) is 3.71. The van der Waals surface area contributed by atoms with Crippen LogP contribution in [0.5, 0.6) is 0 Å². The van der Waals surface area contributed by atoms with E-state index >= 15 is 0 Å². The van der Waals surface area contributed by atoms with E-state index in [4.69, 9.17) is 0 Å². The van der Waals surface area contributed by atoms with Gasteiger partial charge in [0.25, 0.3) is 5.56 Å². The normalized spacial score (nSPS) is 16.3. The van der Waals surface area contributed by atoms with Gasteiger partial charge in [0.15, 0.2) is 0 Å². The van der Waals surface area contributed by atoms with Gasteiger partial charge in [-0.25, -0.2) is 0 Å². The Morgan fingerprint density at radius 2 is 1.91 bits per heavy atom. The number of nitrogens with zero attached hydrogens (tertiary/aromatic N) is 4. The van der Waals surface area contributed by atoms with Crippen molar-refractivity contribution in [3.8, 4) is 0 Å². The van der Waals surface area contributed by atoms with Crippen molar-refractivity contribution >= 4 is 12.0 Å². The first-order chi connectivity index (χ1) is 10.8. The van der Waals surface area contributed by atoms with Crippen LogP contribution in [0.1, 0.15) is 5.56 Å². The van der Waals surface area contributed by atoms with E-state index in [2.05, 4.69) is 49.3 Å².